The van der Waals surface area contributed by atoms with Crippen molar-refractivity contribution in [2.24, 2.45) is 0 Å². The molecule has 84 valence electrons. The third kappa shape index (κ3) is 1.22. The SMILES string of the molecule is Cc1ccc2c(c1)C1(CCC2)CCNC1=O. The zero-order valence-corrected chi connectivity index (χ0v) is 9.68. The van der Waals surface area contributed by atoms with Crippen molar-refractivity contribution in [3.05, 3.63) is 34.9 Å². The molecule has 2 aliphatic rings. The largest absolute Gasteiger partial charge is 0.355 e. The molecule has 16 heavy (non-hydrogen) atoms. The molecule has 0 saturated carbocycles. The summed E-state index contributed by atoms with van der Waals surface area (Å²) in [6.45, 7) is 2.95. The average molecular weight is 215 g/mol. The Labute approximate surface area is 96.1 Å². The van der Waals surface area contributed by atoms with Crippen LogP contribution in [0.2, 0.25) is 0 Å². The Hall–Kier alpha value is -1.31. The highest BCUT2D eigenvalue weighted by Crippen LogP contribution is 2.42. The van der Waals surface area contributed by atoms with E-state index in [0.717, 1.165) is 32.2 Å². The van der Waals surface area contributed by atoms with Crippen molar-refractivity contribution in [2.75, 3.05) is 6.54 Å². The van der Waals surface area contributed by atoms with Gasteiger partial charge >= 0.3 is 0 Å². The second-order valence-corrected chi connectivity index (χ2v) is 5.10. The number of hydrogen-bond donors (Lipinski definition) is 1. The summed E-state index contributed by atoms with van der Waals surface area (Å²) in [6.07, 6.45) is 4.27. The van der Waals surface area contributed by atoms with E-state index < -0.39 is 0 Å². The maximum absolute atomic E-state index is 12.1. The lowest BCUT2D eigenvalue weighted by molar-refractivity contribution is -0.124. The molecule has 3 rings (SSSR count). The first-order chi connectivity index (χ1) is 7.72. The lowest BCUT2D eigenvalue weighted by Gasteiger charge is -2.33. The lowest BCUT2D eigenvalue weighted by Crippen LogP contribution is -2.38. The summed E-state index contributed by atoms with van der Waals surface area (Å²) in [7, 11) is 0. The first-order valence-electron chi connectivity index (χ1n) is 6.11. The first kappa shape index (κ1) is 9.88. The normalized spacial score (nSPS) is 27.9. The van der Waals surface area contributed by atoms with Gasteiger partial charge in [-0.15, -0.1) is 0 Å². The number of hydrogen-bond acceptors (Lipinski definition) is 1. The predicted molar refractivity (Wildman–Crippen MR) is 63.4 cm³/mol. The zero-order valence-electron chi connectivity index (χ0n) is 9.68. The van der Waals surface area contributed by atoms with E-state index in [4.69, 9.17) is 0 Å². The van der Waals surface area contributed by atoms with Crippen molar-refractivity contribution in [1.29, 1.82) is 0 Å². The van der Waals surface area contributed by atoms with Crippen LogP contribution in [0.3, 0.4) is 0 Å². The van der Waals surface area contributed by atoms with Gasteiger partial charge in [0.15, 0.2) is 0 Å². The Balaban J connectivity index is 2.18. The number of benzene rings is 1. The summed E-state index contributed by atoms with van der Waals surface area (Å²) in [5, 5.41) is 3.00. The molecule has 1 aromatic rings. The van der Waals surface area contributed by atoms with Gasteiger partial charge < -0.3 is 5.32 Å². The van der Waals surface area contributed by atoms with Gasteiger partial charge in [0, 0.05) is 6.54 Å². The van der Waals surface area contributed by atoms with Crippen LogP contribution in [-0.2, 0) is 16.6 Å². The third-order valence-electron chi connectivity index (χ3n) is 4.10. The van der Waals surface area contributed by atoms with Gasteiger partial charge in [-0.1, -0.05) is 23.8 Å². The Morgan fingerprint density at radius 2 is 2.19 bits per heavy atom. The van der Waals surface area contributed by atoms with Crippen LogP contribution in [0.1, 0.15) is 36.0 Å². The molecule has 1 atom stereocenters. The summed E-state index contributed by atoms with van der Waals surface area (Å²) in [5.41, 5.74) is 3.75. The van der Waals surface area contributed by atoms with E-state index in [-0.39, 0.29) is 11.3 Å². The van der Waals surface area contributed by atoms with Crippen LogP contribution >= 0.6 is 0 Å². The highest BCUT2D eigenvalue weighted by molar-refractivity contribution is 5.91. The molecule has 1 aromatic carbocycles. The van der Waals surface area contributed by atoms with E-state index in [1.165, 1.54) is 16.7 Å². The molecule has 0 aromatic heterocycles. The number of aryl methyl sites for hydroxylation is 2. The first-order valence-corrected chi connectivity index (χ1v) is 6.11. The molecular weight excluding hydrogens is 198 g/mol. The maximum atomic E-state index is 12.1. The van der Waals surface area contributed by atoms with E-state index in [1.807, 2.05) is 0 Å². The third-order valence-corrected chi connectivity index (χ3v) is 4.10. The standard InChI is InChI=1S/C14H17NO/c1-10-4-5-11-3-2-6-14(12(11)9-10)7-8-15-13(14)16/h4-5,9H,2-3,6-8H2,1H3,(H,15,16). The summed E-state index contributed by atoms with van der Waals surface area (Å²) in [6, 6.07) is 6.58. The molecule has 1 aliphatic carbocycles. The van der Waals surface area contributed by atoms with Crippen molar-refractivity contribution in [2.45, 2.75) is 38.0 Å². The molecule has 1 fully saturated rings. The number of amides is 1. The molecular formula is C14H17NO. The average Bonchev–Trinajstić information content (AvgIpc) is 2.63. The van der Waals surface area contributed by atoms with Crippen molar-refractivity contribution < 1.29 is 4.79 Å². The molecule has 1 N–H and O–H groups in total. The number of carbonyl (C=O) groups excluding carboxylic acids is 1. The van der Waals surface area contributed by atoms with Crippen molar-refractivity contribution in [1.82, 2.24) is 5.32 Å². The fourth-order valence-electron chi connectivity index (χ4n) is 3.24. The van der Waals surface area contributed by atoms with Gasteiger partial charge in [0.25, 0.3) is 0 Å². The van der Waals surface area contributed by atoms with Crippen molar-refractivity contribution >= 4 is 5.91 Å². The van der Waals surface area contributed by atoms with Crippen LogP contribution in [0.5, 0.6) is 0 Å². The maximum Gasteiger partial charge on any atom is 0.230 e. The lowest BCUT2D eigenvalue weighted by atomic mass is 9.68. The minimum Gasteiger partial charge on any atom is -0.355 e. The highest BCUT2D eigenvalue weighted by atomic mass is 16.2. The quantitative estimate of drug-likeness (QED) is 0.705. The van der Waals surface area contributed by atoms with Gasteiger partial charge in [-0.05, 0) is 43.7 Å². The van der Waals surface area contributed by atoms with Crippen LogP contribution in [-0.4, -0.2) is 12.5 Å². The highest BCUT2D eigenvalue weighted by Gasteiger charge is 2.46. The van der Waals surface area contributed by atoms with Crippen LogP contribution in [0.25, 0.3) is 0 Å². The van der Waals surface area contributed by atoms with E-state index in [0.29, 0.717) is 0 Å². The Morgan fingerprint density at radius 1 is 1.31 bits per heavy atom. The molecule has 2 heteroatoms. The minimum atomic E-state index is -0.195. The van der Waals surface area contributed by atoms with E-state index in [1.54, 1.807) is 0 Å². The molecule has 1 unspecified atom stereocenters. The number of fused-ring (bicyclic) bond motifs is 2. The van der Waals surface area contributed by atoms with Gasteiger partial charge in [0.1, 0.15) is 0 Å². The Bertz CT molecular complexity index is 452. The van der Waals surface area contributed by atoms with Crippen LogP contribution in [0.4, 0.5) is 0 Å². The molecule has 1 heterocycles. The summed E-state index contributed by atoms with van der Waals surface area (Å²) >= 11 is 0. The minimum absolute atomic E-state index is 0.195. The van der Waals surface area contributed by atoms with Crippen molar-refractivity contribution in [3.8, 4) is 0 Å². The predicted octanol–water partition coefficient (Wildman–Crippen LogP) is 2.09. The second-order valence-electron chi connectivity index (χ2n) is 5.10. The summed E-state index contributed by atoms with van der Waals surface area (Å²) in [5.74, 6) is 0.249. The van der Waals surface area contributed by atoms with Crippen LogP contribution in [0, 0.1) is 6.92 Å². The van der Waals surface area contributed by atoms with Gasteiger partial charge in [0.05, 0.1) is 5.41 Å². The molecule has 0 bridgehead atoms. The summed E-state index contributed by atoms with van der Waals surface area (Å²) in [4.78, 5) is 12.1. The van der Waals surface area contributed by atoms with Crippen LogP contribution in [0.15, 0.2) is 18.2 Å². The molecule has 1 saturated heterocycles. The monoisotopic (exact) mass is 215 g/mol. The molecule has 2 nitrogen and oxygen atoms in total. The second kappa shape index (κ2) is 3.34. The summed E-state index contributed by atoms with van der Waals surface area (Å²) < 4.78 is 0. The van der Waals surface area contributed by atoms with Gasteiger partial charge in [0.2, 0.25) is 5.91 Å². The molecule has 1 spiro atoms. The van der Waals surface area contributed by atoms with Crippen molar-refractivity contribution in [3.63, 3.8) is 0 Å². The van der Waals surface area contributed by atoms with Gasteiger partial charge in [-0.3, -0.25) is 4.79 Å². The van der Waals surface area contributed by atoms with Crippen LogP contribution < -0.4 is 5.32 Å². The van der Waals surface area contributed by atoms with E-state index >= 15 is 0 Å². The smallest absolute Gasteiger partial charge is 0.230 e. The number of nitrogens with one attached hydrogen (secondary N) is 1. The molecule has 1 amide bonds. The zero-order chi connectivity index (χ0) is 11.2. The molecule has 0 radical (unpaired) electrons. The Morgan fingerprint density at radius 3 is 2.94 bits per heavy atom. The molecule has 1 aliphatic heterocycles. The van der Waals surface area contributed by atoms with Gasteiger partial charge in [-0.2, -0.15) is 0 Å². The number of rotatable bonds is 0. The fraction of sp³-hybridized carbons (Fsp3) is 0.500. The van der Waals surface area contributed by atoms with E-state index in [9.17, 15) is 4.79 Å². The Kier molecular flexibility index (Phi) is 2.06. The van der Waals surface area contributed by atoms with E-state index in [2.05, 4.69) is 30.4 Å². The fourth-order valence-corrected chi connectivity index (χ4v) is 3.24. The topological polar surface area (TPSA) is 29.1 Å². The number of carbonyl (C=O) groups is 1. The van der Waals surface area contributed by atoms with Gasteiger partial charge in [-0.25, -0.2) is 0 Å².